The fraction of sp³-hybridized carbons (Fsp3) is 0.217. The van der Waals surface area contributed by atoms with Crippen molar-refractivity contribution in [3.8, 4) is 22.3 Å². The molecule has 2 nitrogen and oxygen atoms in total. The van der Waals surface area contributed by atoms with Crippen molar-refractivity contribution >= 4 is 39.0 Å². The maximum absolute atomic E-state index is 6.32. The van der Waals surface area contributed by atoms with Gasteiger partial charge in [0.1, 0.15) is 11.2 Å². The van der Waals surface area contributed by atoms with Gasteiger partial charge in [-0.1, -0.05) is 103 Å². The molecule has 232 valence electrons. The van der Waals surface area contributed by atoms with E-state index in [-0.39, 0.29) is 5.41 Å². The topological polar surface area (TPSA) is 16.4 Å². The zero-order chi connectivity index (χ0) is 31.4. The molecule has 4 fully saturated rings. The SMILES string of the molecule is c1ccc(-c2ccccc2N(c2ccc3oc4ccccc4c3c2)c2cccc3c2-c2ccccc2C32C3CC4CC(C3)CC2C4)cc1. The van der Waals surface area contributed by atoms with E-state index in [1.165, 1.54) is 65.7 Å². The maximum Gasteiger partial charge on any atom is 0.135 e. The first kappa shape index (κ1) is 26.9. The molecule has 0 amide bonds. The Bertz CT molecular complexity index is 2350. The Labute approximate surface area is 281 Å². The molecule has 7 aromatic rings. The molecule has 1 heterocycles. The Morgan fingerprint density at radius 2 is 1.15 bits per heavy atom. The Kier molecular flexibility index (Phi) is 5.59. The van der Waals surface area contributed by atoms with Gasteiger partial charge >= 0.3 is 0 Å². The smallest absolute Gasteiger partial charge is 0.135 e. The van der Waals surface area contributed by atoms with Gasteiger partial charge in [-0.05, 0) is 114 Å². The number of fused-ring (bicyclic) bond motifs is 6. The van der Waals surface area contributed by atoms with Crippen molar-refractivity contribution in [2.75, 3.05) is 4.90 Å². The molecule has 0 unspecified atom stereocenters. The molecule has 5 aliphatic carbocycles. The number of nitrogens with zero attached hydrogens (tertiary/aromatic N) is 1. The number of anilines is 3. The lowest BCUT2D eigenvalue weighted by atomic mass is 9.43. The van der Waals surface area contributed by atoms with E-state index in [0.29, 0.717) is 0 Å². The van der Waals surface area contributed by atoms with Gasteiger partial charge in [0.25, 0.3) is 0 Å². The lowest BCUT2D eigenvalue weighted by Crippen LogP contribution is -2.55. The highest BCUT2D eigenvalue weighted by atomic mass is 16.3. The van der Waals surface area contributed by atoms with Crippen LogP contribution in [-0.2, 0) is 5.41 Å². The van der Waals surface area contributed by atoms with Gasteiger partial charge in [0.2, 0.25) is 0 Å². The quantitative estimate of drug-likeness (QED) is 0.195. The van der Waals surface area contributed by atoms with E-state index in [9.17, 15) is 0 Å². The molecule has 0 aliphatic heterocycles. The monoisotopic (exact) mass is 619 g/mol. The third kappa shape index (κ3) is 3.58. The number of hydrogen-bond acceptors (Lipinski definition) is 2. The summed E-state index contributed by atoms with van der Waals surface area (Å²) < 4.78 is 6.32. The van der Waals surface area contributed by atoms with Crippen LogP contribution in [0.5, 0.6) is 0 Å². The first-order valence-corrected chi connectivity index (χ1v) is 17.9. The van der Waals surface area contributed by atoms with Crippen LogP contribution in [0.2, 0.25) is 0 Å². The van der Waals surface area contributed by atoms with Crippen molar-refractivity contribution in [3.05, 3.63) is 151 Å². The van der Waals surface area contributed by atoms with Crippen molar-refractivity contribution in [1.29, 1.82) is 0 Å². The largest absolute Gasteiger partial charge is 0.456 e. The van der Waals surface area contributed by atoms with Crippen LogP contribution < -0.4 is 4.90 Å². The Hall–Kier alpha value is -5.08. The molecule has 4 bridgehead atoms. The fourth-order valence-corrected chi connectivity index (χ4v) is 11.2. The van der Waals surface area contributed by atoms with Crippen molar-refractivity contribution in [2.45, 2.75) is 37.5 Å². The lowest BCUT2D eigenvalue weighted by Gasteiger charge is -2.61. The molecule has 5 aliphatic rings. The molecule has 2 heteroatoms. The summed E-state index contributed by atoms with van der Waals surface area (Å²) in [5.41, 5.74) is 14.1. The number of para-hydroxylation sites is 2. The summed E-state index contributed by atoms with van der Waals surface area (Å²) in [7, 11) is 0. The standard InChI is InChI=1S/C46H37NO/c1-2-11-31(12-3-1)35-13-5-8-18-41(35)47(34-21-22-44-38(28-34)36-14-6-9-20-43(36)48-44)42-19-10-17-40-45(42)37-15-4-7-16-39(37)46(40)32-24-29-23-30(26-32)27-33(46)25-29/h1-22,28-30,32-33H,23-27H2. The van der Waals surface area contributed by atoms with Crippen LogP contribution in [0.25, 0.3) is 44.2 Å². The Morgan fingerprint density at radius 3 is 1.98 bits per heavy atom. The van der Waals surface area contributed by atoms with E-state index in [4.69, 9.17) is 4.42 Å². The first-order valence-electron chi connectivity index (χ1n) is 17.9. The van der Waals surface area contributed by atoms with Crippen LogP contribution in [-0.4, -0.2) is 0 Å². The summed E-state index contributed by atoms with van der Waals surface area (Å²) in [5.74, 6) is 3.29. The summed E-state index contributed by atoms with van der Waals surface area (Å²) in [6.45, 7) is 0. The van der Waals surface area contributed by atoms with E-state index in [1.54, 1.807) is 11.1 Å². The Morgan fingerprint density at radius 1 is 0.500 bits per heavy atom. The minimum atomic E-state index is 0.116. The lowest BCUT2D eigenvalue weighted by molar-refractivity contribution is -0.0399. The number of hydrogen-bond donors (Lipinski definition) is 0. The van der Waals surface area contributed by atoms with Gasteiger partial charge in [0.05, 0.1) is 11.4 Å². The van der Waals surface area contributed by atoms with E-state index in [1.807, 2.05) is 0 Å². The minimum Gasteiger partial charge on any atom is -0.456 e. The number of benzene rings is 6. The van der Waals surface area contributed by atoms with Gasteiger partial charge in [-0.2, -0.15) is 0 Å². The summed E-state index contributed by atoms with van der Waals surface area (Å²) >= 11 is 0. The van der Waals surface area contributed by atoms with Gasteiger partial charge in [-0.15, -0.1) is 0 Å². The maximum atomic E-state index is 6.32. The molecule has 0 atom stereocenters. The second-order valence-corrected chi connectivity index (χ2v) is 14.9. The number of rotatable bonds is 4. The van der Waals surface area contributed by atoms with Gasteiger partial charge < -0.3 is 9.32 Å². The molecule has 0 radical (unpaired) electrons. The molecular weight excluding hydrogens is 583 g/mol. The normalized spacial score (nSPS) is 24.8. The fourth-order valence-electron chi connectivity index (χ4n) is 11.2. The minimum absolute atomic E-state index is 0.116. The molecule has 1 aromatic heterocycles. The summed E-state index contributed by atoms with van der Waals surface area (Å²) in [4.78, 5) is 2.55. The van der Waals surface area contributed by atoms with Crippen molar-refractivity contribution in [3.63, 3.8) is 0 Å². The zero-order valence-electron chi connectivity index (χ0n) is 27.0. The first-order chi connectivity index (χ1) is 23.8. The highest BCUT2D eigenvalue weighted by Gasteiger charge is 2.61. The predicted octanol–water partition coefficient (Wildman–Crippen LogP) is 12.4. The van der Waals surface area contributed by atoms with E-state index in [0.717, 1.165) is 51.3 Å². The van der Waals surface area contributed by atoms with Gasteiger partial charge in [0.15, 0.2) is 0 Å². The van der Waals surface area contributed by atoms with Crippen molar-refractivity contribution in [2.24, 2.45) is 23.7 Å². The average Bonchev–Trinajstić information content (AvgIpc) is 3.65. The van der Waals surface area contributed by atoms with Crippen LogP contribution in [0.3, 0.4) is 0 Å². The number of furan rings is 1. The van der Waals surface area contributed by atoms with Crippen LogP contribution in [0.1, 0.15) is 43.2 Å². The third-order valence-corrected chi connectivity index (χ3v) is 12.6. The summed E-state index contributed by atoms with van der Waals surface area (Å²) in [5, 5.41) is 2.30. The molecule has 1 spiro atoms. The molecule has 4 saturated carbocycles. The molecule has 6 aromatic carbocycles. The summed E-state index contributed by atoms with van der Waals surface area (Å²) in [6.07, 6.45) is 7.00. The van der Waals surface area contributed by atoms with Crippen LogP contribution in [0.15, 0.2) is 144 Å². The van der Waals surface area contributed by atoms with E-state index in [2.05, 4.69) is 144 Å². The zero-order valence-corrected chi connectivity index (χ0v) is 27.0. The van der Waals surface area contributed by atoms with Gasteiger partial charge in [-0.25, -0.2) is 0 Å². The highest BCUT2D eigenvalue weighted by molar-refractivity contribution is 6.07. The van der Waals surface area contributed by atoms with Gasteiger partial charge in [-0.3, -0.25) is 0 Å². The molecule has 12 rings (SSSR count). The van der Waals surface area contributed by atoms with E-state index < -0.39 is 0 Å². The van der Waals surface area contributed by atoms with Crippen LogP contribution >= 0.6 is 0 Å². The molecule has 0 saturated heterocycles. The van der Waals surface area contributed by atoms with Crippen LogP contribution in [0.4, 0.5) is 17.1 Å². The Balaban J connectivity index is 1.21. The summed E-state index contributed by atoms with van der Waals surface area (Å²) in [6, 6.07) is 51.7. The second-order valence-electron chi connectivity index (χ2n) is 14.9. The van der Waals surface area contributed by atoms with Crippen LogP contribution in [0, 0.1) is 23.7 Å². The highest BCUT2D eigenvalue weighted by Crippen LogP contribution is 2.70. The van der Waals surface area contributed by atoms with Crippen molar-refractivity contribution in [1.82, 2.24) is 0 Å². The van der Waals surface area contributed by atoms with Gasteiger partial charge in [0, 0.05) is 33.0 Å². The average molecular weight is 620 g/mol. The molecule has 48 heavy (non-hydrogen) atoms. The third-order valence-electron chi connectivity index (χ3n) is 12.6. The second kappa shape index (κ2) is 9.97. The molecule has 0 N–H and O–H groups in total. The predicted molar refractivity (Wildman–Crippen MR) is 197 cm³/mol. The molecular formula is C46H37NO. The van der Waals surface area contributed by atoms with E-state index >= 15 is 0 Å². The van der Waals surface area contributed by atoms with Crippen molar-refractivity contribution < 1.29 is 4.42 Å².